The van der Waals surface area contributed by atoms with Crippen molar-refractivity contribution in [3.05, 3.63) is 18.0 Å². The van der Waals surface area contributed by atoms with Gasteiger partial charge in [-0.05, 0) is 37.2 Å². The van der Waals surface area contributed by atoms with Gasteiger partial charge in [-0.25, -0.2) is 0 Å². The number of thioether (sulfide) groups is 1. The summed E-state index contributed by atoms with van der Waals surface area (Å²) in [5, 5.41) is 7.90. The molecule has 0 aliphatic carbocycles. The summed E-state index contributed by atoms with van der Waals surface area (Å²) >= 11 is 2.07. The van der Waals surface area contributed by atoms with E-state index in [1.807, 2.05) is 17.9 Å². The third-order valence-electron chi connectivity index (χ3n) is 4.25. The Kier molecular flexibility index (Phi) is 4.15. The molecule has 1 atom stereocenters. The van der Waals surface area contributed by atoms with E-state index in [4.69, 9.17) is 4.74 Å². The van der Waals surface area contributed by atoms with E-state index in [2.05, 4.69) is 28.4 Å². The van der Waals surface area contributed by atoms with Crippen molar-refractivity contribution in [1.29, 1.82) is 0 Å². The zero-order valence-corrected chi connectivity index (χ0v) is 12.4. The summed E-state index contributed by atoms with van der Waals surface area (Å²) in [7, 11) is 1.96. The minimum absolute atomic E-state index is 0.177. The van der Waals surface area contributed by atoms with Gasteiger partial charge in [0, 0.05) is 38.0 Å². The molecule has 0 aromatic carbocycles. The Morgan fingerprint density at radius 3 is 3.11 bits per heavy atom. The molecule has 2 saturated heterocycles. The third kappa shape index (κ3) is 3.33. The monoisotopic (exact) mass is 281 g/mol. The number of aromatic nitrogens is 2. The van der Waals surface area contributed by atoms with Crippen molar-refractivity contribution in [2.45, 2.75) is 43.9 Å². The van der Waals surface area contributed by atoms with Crippen molar-refractivity contribution in [3.63, 3.8) is 0 Å². The number of nitrogens with one attached hydrogen (secondary N) is 1. The molecule has 1 aromatic heterocycles. The molecule has 1 N–H and O–H groups in total. The zero-order valence-electron chi connectivity index (χ0n) is 11.6. The Balaban J connectivity index is 1.53. The lowest BCUT2D eigenvalue weighted by atomic mass is 9.85. The van der Waals surface area contributed by atoms with E-state index >= 15 is 0 Å². The Hall–Kier alpha value is -0.520. The van der Waals surface area contributed by atoms with Gasteiger partial charge in [0.15, 0.2) is 0 Å². The fourth-order valence-electron chi connectivity index (χ4n) is 3.12. The van der Waals surface area contributed by atoms with Crippen LogP contribution >= 0.6 is 11.8 Å². The molecule has 0 radical (unpaired) electrons. The van der Waals surface area contributed by atoms with Crippen LogP contribution in [-0.2, 0) is 18.3 Å². The molecule has 0 bridgehead atoms. The van der Waals surface area contributed by atoms with Crippen LogP contribution in [0.25, 0.3) is 0 Å². The van der Waals surface area contributed by atoms with Gasteiger partial charge < -0.3 is 10.1 Å². The van der Waals surface area contributed by atoms with Crippen molar-refractivity contribution in [3.8, 4) is 0 Å². The number of rotatable bonds is 3. The maximum absolute atomic E-state index is 6.12. The molecule has 2 aliphatic heterocycles. The lowest BCUT2D eigenvalue weighted by Crippen LogP contribution is -2.48. The van der Waals surface area contributed by atoms with Crippen LogP contribution in [0.3, 0.4) is 0 Å². The first kappa shape index (κ1) is 13.5. The standard InChI is InChI=1S/C14H23N3OS/c1-17-11-12(10-16-17)9-15-13-2-5-18-14(8-13)3-6-19-7-4-14/h10-11,13,15H,2-9H2,1H3. The van der Waals surface area contributed by atoms with Crippen LogP contribution in [0.4, 0.5) is 0 Å². The topological polar surface area (TPSA) is 39.1 Å². The van der Waals surface area contributed by atoms with Crippen molar-refractivity contribution >= 4 is 11.8 Å². The van der Waals surface area contributed by atoms with Gasteiger partial charge >= 0.3 is 0 Å². The van der Waals surface area contributed by atoms with Crippen molar-refractivity contribution in [1.82, 2.24) is 15.1 Å². The van der Waals surface area contributed by atoms with E-state index in [9.17, 15) is 0 Å². The molecule has 3 rings (SSSR count). The zero-order chi connectivity index (χ0) is 13.1. The molecule has 4 nitrogen and oxygen atoms in total. The van der Waals surface area contributed by atoms with Crippen molar-refractivity contribution < 1.29 is 4.74 Å². The second kappa shape index (κ2) is 5.85. The van der Waals surface area contributed by atoms with Gasteiger partial charge in [-0.2, -0.15) is 16.9 Å². The maximum atomic E-state index is 6.12. The molecule has 2 fully saturated rings. The predicted octanol–water partition coefficient (Wildman–Crippen LogP) is 1.95. The number of hydrogen-bond acceptors (Lipinski definition) is 4. The highest BCUT2D eigenvalue weighted by Gasteiger charge is 2.38. The van der Waals surface area contributed by atoms with Crippen LogP contribution in [-0.4, -0.2) is 39.5 Å². The van der Waals surface area contributed by atoms with Crippen molar-refractivity contribution in [2.24, 2.45) is 7.05 Å². The maximum Gasteiger partial charge on any atom is 0.0713 e. The fourth-order valence-corrected chi connectivity index (χ4v) is 4.36. The Morgan fingerprint density at radius 2 is 2.37 bits per heavy atom. The van der Waals surface area contributed by atoms with Gasteiger partial charge in [-0.15, -0.1) is 0 Å². The highest BCUT2D eigenvalue weighted by atomic mass is 32.2. The summed E-state index contributed by atoms with van der Waals surface area (Å²) in [6.45, 7) is 1.83. The minimum atomic E-state index is 0.177. The first-order valence-corrected chi connectivity index (χ1v) is 8.34. The first-order chi connectivity index (χ1) is 9.26. The summed E-state index contributed by atoms with van der Waals surface area (Å²) in [6, 6.07) is 0.594. The number of aryl methyl sites for hydroxylation is 1. The highest BCUT2D eigenvalue weighted by molar-refractivity contribution is 7.99. The number of ether oxygens (including phenoxy) is 1. The molecule has 19 heavy (non-hydrogen) atoms. The van der Waals surface area contributed by atoms with Gasteiger partial charge in [0.25, 0.3) is 0 Å². The SMILES string of the molecule is Cn1cc(CNC2CCOC3(CCSCC3)C2)cn1. The Labute approximate surface area is 119 Å². The van der Waals surface area contributed by atoms with Crippen molar-refractivity contribution in [2.75, 3.05) is 18.1 Å². The average molecular weight is 281 g/mol. The summed E-state index contributed by atoms with van der Waals surface area (Å²) in [6.07, 6.45) is 8.78. The van der Waals surface area contributed by atoms with E-state index in [1.165, 1.54) is 36.3 Å². The third-order valence-corrected chi connectivity index (χ3v) is 5.24. The van der Waals surface area contributed by atoms with Crippen LogP contribution in [0.15, 0.2) is 12.4 Å². The van der Waals surface area contributed by atoms with Crippen LogP contribution < -0.4 is 5.32 Å². The fraction of sp³-hybridized carbons (Fsp3) is 0.786. The summed E-state index contributed by atoms with van der Waals surface area (Å²) < 4.78 is 7.98. The van der Waals surface area contributed by atoms with E-state index < -0.39 is 0 Å². The summed E-state index contributed by atoms with van der Waals surface area (Å²) in [4.78, 5) is 0. The first-order valence-electron chi connectivity index (χ1n) is 7.18. The highest BCUT2D eigenvalue weighted by Crippen LogP contribution is 2.37. The van der Waals surface area contributed by atoms with Gasteiger partial charge in [0.1, 0.15) is 0 Å². The quantitative estimate of drug-likeness (QED) is 0.919. The van der Waals surface area contributed by atoms with E-state index in [1.54, 1.807) is 0 Å². The second-order valence-corrected chi connectivity index (χ2v) is 6.96. The van der Waals surface area contributed by atoms with Gasteiger partial charge in [0.2, 0.25) is 0 Å². The number of nitrogens with zero attached hydrogens (tertiary/aromatic N) is 2. The minimum Gasteiger partial charge on any atom is -0.375 e. The van der Waals surface area contributed by atoms with Gasteiger partial charge in [-0.1, -0.05) is 0 Å². The predicted molar refractivity (Wildman–Crippen MR) is 78.3 cm³/mol. The Morgan fingerprint density at radius 1 is 1.53 bits per heavy atom. The molecular weight excluding hydrogens is 258 g/mol. The molecule has 1 unspecified atom stereocenters. The van der Waals surface area contributed by atoms with E-state index in [0.29, 0.717) is 6.04 Å². The lowest BCUT2D eigenvalue weighted by molar-refractivity contribution is -0.0933. The molecular formula is C14H23N3OS. The average Bonchev–Trinajstić information content (AvgIpc) is 2.83. The largest absolute Gasteiger partial charge is 0.375 e. The number of hydrogen-bond donors (Lipinski definition) is 1. The van der Waals surface area contributed by atoms with Crippen LogP contribution in [0.2, 0.25) is 0 Å². The molecule has 1 spiro atoms. The van der Waals surface area contributed by atoms with E-state index in [0.717, 1.165) is 19.6 Å². The molecule has 0 amide bonds. The smallest absolute Gasteiger partial charge is 0.0713 e. The molecule has 106 valence electrons. The van der Waals surface area contributed by atoms with Gasteiger partial charge in [0.05, 0.1) is 11.8 Å². The molecule has 0 saturated carbocycles. The van der Waals surface area contributed by atoms with Crippen LogP contribution in [0, 0.1) is 0 Å². The van der Waals surface area contributed by atoms with Gasteiger partial charge in [-0.3, -0.25) is 4.68 Å². The molecule has 2 aliphatic rings. The van der Waals surface area contributed by atoms with Crippen LogP contribution in [0.1, 0.15) is 31.2 Å². The lowest BCUT2D eigenvalue weighted by Gasteiger charge is -2.43. The molecule has 5 heteroatoms. The molecule has 3 heterocycles. The van der Waals surface area contributed by atoms with E-state index in [-0.39, 0.29) is 5.60 Å². The molecule has 1 aromatic rings. The Bertz CT molecular complexity index is 409. The summed E-state index contributed by atoms with van der Waals surface area (Å²) in [5.74, 6) is 2.52. The van der Waals surface area contributed by atoms with Crippen LogP contribution in [0.5, 0.6) is 0 Å². The summed E-state index contributed by atoms with van der Waals surface area (Å²) in [5.41, 5.74) is 1.44. The normalized spacial score (nSPS) is 26.7. The second-order valence-electron chi connectivity index (χ2n) is 5.74.